The quantitative estimate of drug-likeness (QED) is 0.305. The van der Waals surface area contributed by atoms with Crippen LogP contribution in [0.2, 0.25) is 0 Å². The summed E-state index contributed by atoms with van der Waals surface area (Å²) < 4.78 is 0. The Labute approximate surface area is 201 Å². The SMILES string of the molecule is Cc1ccc2[nH]cc(C3=C(Cl)C(=O)C(c4c(C(C)(C)C)[nH]c5ccccc45)=C(Cl)C3=O)c2c1. The average Bonchev–Trinajstić information content (AvgIpc) is 3.35. The molecule has 2 aromatic heterocycles. The molecule has 0 atom stereocenters. The lowest BCUT2D eigenvalue weighted by Crippen LogP contribution is -2.21. The number of aromatic amines is 2. The lowest BCUT2D eigenvalue weighted by atomic mass is 9.82. The average molecular weight is 477 g/mol. The van der Waals surface area contributed by atoms with Crippen molar-refractivity contribution < 1.29 is 9.59 Å². The van der Waals surface area contributed by atoms with Crippen LogP contribution in [0, 0.1) is 6.92 Å². The maximum Gasteiger partial charge on any atom is 0.207 e. The number of hydrogen-bond donors (Lipinski definition) is 2. The van der Waals surface area contributed by atoms with Crippen LogP contribution in [0.25, 0.3) is 33.0 Å². The fraction of sp³-hybridized carbons (Fsp3) is 0.185. The number of aryl methyl sites for hydroxylation is 1. The van der Waals surface area contributed by atoms with E-state index in [1.807, 2.05) is 70.2 Å². The van der Waals surface area contributed by atoms with E-state index in [2.05, 4.69) is 9.97 Å². The summed E-state index contributed by atoms with van der Waals surface area (Å²) in [6.07, 6.45) is 1.70. The van der Waals surface area contributed by atoms with E-state index in [1.54, 1.807) is 6.20 Å². The number of rotatable bonds is 2. The Balaban J connectivity index is 1.76. The molecule has 1 aliphatic rings. The molecule has 0 fully saturated rings. The smallest absolute Gasteiger partial charge is 0.207 e. The number of nitrogens with one attached hydrogen (secondary N) is 2. The van der Waals surface area contributed by atoms with Crippen molar-refractivity contribution in [2.24, 2.45) is 0 Å². The van der Waals surface area contributed by atoms with Gasteiger partial charge in [-0.25, -0.2) is 0 Å². The molecule has 0 bridgehead atoms. The van der Waals surface area contributed by atoms with Crippen LogP contribution in [-0.2, 0) is 15.0 Å². The van der Waals surface area contributed by atoms with Gasteiger partial charge >= 0.3 is 0 Å². The van der Waals surface area contributed by atoms with Gasteiger partial charge in [0.1, 0.15) is 10.1 Å². The maximum absolute atomic E-state index is 13.7. The first-order valence-electron chi connectivity index (χ1n) is 10.7. The van der Waals surface area contributed by atoms with Gasteiger partial charge in [-0.05, 0) is 25.1 Å². The van der Waals surface area contributed by atoms with Crippen LogP contribution in [0.3, 0.4) is 0 Å². The van der Waals surface area contributed by atoms with Gasteiger partial charge in [-0.3, -0.25) is 9.59 Å². The Hall–Kier alpha value is -3.08. The molecule has 5 rings (SSSR count). The number of para-hydroxylation sites is 1. The standard InChI is InChI=1S/C27H22Cl2N2O2/c1-13-9-10-17-15(11-13)16(12-30-17)20-22(28)25(33)21(23(29)24(20)32)19-14-7-5-6-8-18(14)31-26(19)27(2,3)4/h5-12,30-31H,1-4H3. The van der Waals surface area contributed by atoms with E-state index >= 15 is 0 Å². The van der Waals surface area contributed by atoms with Gasteiger partial charge in [-0.2, -0.15) is 0 Å². The summed E-state index contributed by atoms with van der Waals surface area (Å²) in [5.41, 5.74) is 4.74. The highest BCUT2D eigenvalue weighted by molar-refractivity contribution is 6.68. The van der Waals surface area contributed by atoms with Gasteiger partial charge in [0.15, 0.2) is 0 Å². The summed E-state index contributed by atoms with van der Waals surface area (Å²) in [5, 5.41) is 1.41. The van der Waals surface area contributed by atoms with Crippen molar-refractivity contribution in [2.45, 2.75) is 33.1 Å². The van der Waals surface area contributed by atoms with Crippen LogP contribution in [0.15, 0.2) is 58.7 Å². The maximum atomic E-state index is 13.7. The second kappa shape index (κ2) is 7.47. The number of allylic oxidation sites excluding steroid dienone is 4. The van der Waals surface area contributed by atoms with Crippen molar-refractivity contribution in [3.05, 3.63) is 81.1 Å². The third kappa shape index (κ3) is 3.28. The van der Waals surface area contributed by atoms with Gasteiger partial charge in [0.05, 0.1) is 11.1 Å². The van der Waals surface area contributed by atoms with Crippen LogP contribution < -0.4 is 0 Å². The number of aromatic nitrogens is 2. The number of H-pyrrole nitrogens is 2. The predicted octanol–water partition coefficient (Wildman–Crippen LogP) is 7.01. The molecule has 0 spiro atoms. The minimum Gasteiger partial charge on any atom is -0.361 e. The molecule has 4 nitrogen and oxygen atoms in total. The van der Waals surface area contributed by atoms with Crippen LogP contribution in [-0.4, -0.2) is 21.5 Å². The van der Waals surface area contributed by atoms with E-state index in [0.717, 1.165) is 33.1 Å². The molecule has 2 aromatic carbocycles. The summed E-state index contributed by atoms with van der Waals surface area (Å²) in [5.74, 6) is -0.905. The molecule has 0 radical (unpaired) electrons. The van der Waals surface area contributed by atoms with E-state index in [0.29, 0.717) is 11.1 Å². The summed E-state index contributed by atoms with van der Waals surface area (Å²) in [6.45, 7) is 8.10. The Morgan fingerprint density at radius 3 is 2.21 bits per heavy atom. The van der Waals surface area contributed by atoms with Crippen molar-refractivity contribution in [3.8, 4) is 0 Å². The Kier molecular flexibility index (Phi) is 4.93. The molecular formula is C27H22Cl2N2O2. The minimum absolute atomic E-state index is 0.114. The third-order valence-electron chi connectivity index (χ3n) is 6.10. The second-order valence-corrected chi connectivity index (χ2v) is 10.2. The zero-order chi connectivity index (χ0) is 23.7. The van der Waals surface area contributed by atoms with E-state index in [-0.39, 0.29) is 26.6 Å². The van der Waals surface area contributed by atoms with Crippen LogP contribution in [0.4, 0.5) is 0 Å². The van der Waals surface area contributed by atoms with Gasteiger partial charge in [0.25, 0.3) is 0 Å². The lowest BCUT2D eigenvalue weighted by Gasteiger charge is -2.23. The summed E-state index contributed by atoms with van der Waals surface area (Å²) in [4.78, 5) is 33.9. The van der Waals surface area contributed by atoms with E-state index < -0.39 is 11.6 Å². The number of carbonyl (C=O) groups excluding carboxylic acids is 2. The van der Waals surface area contributed by atoms with Crippen molar-refractivity contribution in [2.75, 3.05) is 0 Å². The Bertz CT molecular complexity index is 1560. The highest BCUT2D eigenvalue weighted by Crippen LogP contribution is 2.45. The number of ketones is 2. The first-order valence-corrected chi connectivity index (χ1v) is 11.4. The molecule has 0 unspecified atom stereocenters. The molecule has 0 aliphatic heterocycles. The molecule has 2 heterocycles. The molecule has 0 amide bonds. The van der Waals surface area contributed by atoms with Gasteiger partial charge in [0, 0.05) is 50.2 Å². The first kappa shape index (κ1) is 21.7. The lowest BCUT2D eigenvalue weighted by molar-refractivity contribution is -0.113. The molecule has 1 aliphatic carbocycles. The molecule has 0 saturated carbocycles. The van der Waals surface area contributed by atoms with Gasteiger partial charge in [0.2, 0.25) is 11.6 Å². The molecular weight excluding hydrogens is 455 g/mol. The second-order valence-electron chi connectivity index (χ2n) is 9.46. The van der Waals surface area contributed by atoms with Gasteiger partial charge in [-0.1, -0.05) is 73.8 Å². The zero-order valence-corrected chi connectivity index (χ0v) is 20.2. The number of fused-ring (bicyclic) bond motifs is 2. The van der Waals surface area contributed by atoms with E-state index in [4.69, 9.17) is 23.2 Å². The van der Waals surface area contributed by atoms with Crippen LogP contribution in [0.1, 0.15) is 43.2 Å². The predicted molar refractivity (Wildman–Crippen MR) is 136 cm³/mol. The van der Waals surface area contributed by atoms with Crippen LogP contribution in [0.5, 0.6) is 0 Å². The van der Waals surface area contributed by atoms with Crippen molar-refractivity contribution >= 4 is 67.7 Å². The topological polar surface area (TPSA) is 65.7 Å². The number of hydrogen-bond acceptors (Lipinski definition) is 2. The summed E-state index contributed by atoms with van der Waals surface area (Å²) in [7, 11) is 0. The molecule has 166 valence electrons. The fourth-order valence-electron chi connectivity index (χ4n) is 4.52. The normalized spacial score (nSPS) is 15.5. The van der Waals surface area contributed by atoms with E-state index in [9.17, 15) is 9.59 Å². The highest BCUT2D eigenvalue weighted by Gasteiger charge is 2.38. The van der Waals surface area contributed by atoms with Crippen molar-refractivity contribution in [1.29, 1.82) is 0 Å². The van der Waals surface area contributed by atoms with Crippen molar-refractivity contribution in [3.63, 3.8) is 0 Å². The van der Waals surface area contributed by atoms with Crippen molar-refractivity contribution in [1.82, 2.24) is 9.97 Å². The number of Topliss-reactive ketones (excluding diaryl/α,β-unsaturated/α-hetero) is 2. The first-order chi connectivity index (χ1) is 15.6. The molecule has 33 heavy (non-hydrogen) atoms. The highest BCUT2D eigenvalue weighted by atomic mass is 35.5. The molecule has 0 saturated heterocycles. The summed E-state index contributed by atoms with van der Waals surface area (Å²) >= 11 is 13.3. The van der Waals surface area contributed by atoms with Gasteiger partial charge < -0.3 is 9.97 Å². The van der Waals surface area contributed by atoms with Gasteiger partial charge in [-0.15, -0.1) is 0 Å². The third-order valence-corrected chi connectivity index (χ3v) is 6.83. The number of halogens is 2. The molecule has 4 aromatic rings. The summed E-state index contributed by atoms with van der Waals surface area (Å²) in [6, 6.07) is 13.5. The zero-order valence-electron chi connectivity index (χ0n) is 18.7. The molecule has 6 heteroatoms. The van der Waals surface area contributed by atoms with E-state index in [1.165, 1.54) is 0 Å². The molecule has 2 N–H and O–H groups in total. The number of benzene rings is 2. The Morgan fingerprint density at radius 2 is 1.48 bits per heavy atom. The Morgan fingerprint density at radius 1 is 0.818 bits per heavy atom. The number of carbonyl (C=O) groups is 2. The minimum atomic E-state index is -0.455. The fourth-order valence-corrected chi connectivity index (χ4v) is 5.07. The van der Waals surface area contributed by atoms with Crippen LogP contribution >= 0.6 is 23.2 Å². The largest absolute Gasteiger partial charge is 0.361 e. The monoisotopic (exact) mass is 476 g/mol.